The molecule has 1 aromatic carbocycles. The van der Waals surface area contributed by atoms with E-state index < -0.39 is 5.82 Å². The fourth-order valence-corrected chi connectivity index (χ4v) is 2.69. The monoisotopic (exact) mass is 289 g/mol. The fraction of sp³-hybridized carbons (Fsp3) is 0.500. The van der Waals surface area contributed by atoms with Gasteiger partial charge in [0.1, 0.15) is 5.82 Å². The number of rotatable bonds is 5. The summed E-state index contributed by atoms with van der Waals surface area (Å²) in [5.74, 6) is -0.423. The van der Waals surface area contributed by atoms with E-state index in [1.165, 1.54) is 23.1 Å². The van der Waals surface area contributed by atoms with E-state index in [-0.39, 0.29) is 17.9 Å². The Bertz CT molecular complexity index is 570. The molecule has 0 aromatic heterocycles. The van der Waals surface area contributed by atoms with E-state index in [2.05, 4.69) is 0 Å². The Morgan fingerprint density at radius 3 is 2.76 bits per heavy atom. The highest BCUT2D eigenvalue weighted by molar-refractivity contribution is 5.76. The van der Waals surface area contributed by atoms with Crippen molar-refractivity contribution in [1.29, 1.82) is 5.26 Å². The van der Waals surface area contributed by atoms with Crippen LogP contribution in [0.25, 0.3) is 0 Å². The van der Waals surface area contributed by atoms with E-state index in [0.717, 1.165) is 19.3 Å². The molecule has 0 bridgehead atoms. The third-order valence-corrected chi connectivity index (χ3v) is 4.38. The summed E-state index contributed by atoms with van der Waals surface area (Å²) in [4.78, 5) is 13.8. The summed E-state index contributed by atoms with van der Waals surface area (Å²) in [6.45, 7) is 0.686. The molecule has 1 saturated carbocycles. The maximum absolute atomic E-state index is 13.7. The second kappa shape index (κ2) is 6.23. The van der Waals surface area contributed by atoms with Gasteiger partial charge in [-0.2, -0.15) is 5.26 Å². The van der Waals surface area contributed by atoms with Crippen LogP contribution in [0.15, 0.2) is 18.2 Å². The van der Waals surface area contributed by atoms with Crippen molar-refractivity contribution in [3.8, 4) is 6.07 Å². The second-order valence-electron chi connectivity index (χ2n) is 5.90. The van der Waals surface area contributed by atoms with Crippen molar-refractivity contribution in [2.75, 3.05) is 13.6 Å². The molecule has 1 fully saturated rings. The van der Waals surface area contributed by atoms with Crippen LogP contribution in [-0.2, 0) is 11.3 Å². The second-order valence-corrected chi connectivity index (χ2v) is 5.90. The molecule has 0 spiro atoms. The van der Waals surface area contributed by atoms with E-state index in [1.54, 1.807) is 7.05 Å². The highest BCUT2D eigenvalue weighted by atomic mass is 19.1. The van der Waals surface area contributed by atoms with Gasteiger partial charge in [-0.25, -0.2) is 4.39 Å². The van der Waals surface area contributed by atoms with E-state index in [9.17, 15) is 9.18 Å². The van der Waals surface area contributed by atoms with Gasteiger partial charge in [-0.15, -0.1) is 0 Å². The van der Waals surface area contributed by atoms with E-state index in [4.69, 9.17) is 11.0 Å². The van der Waals surface area contributed by atoms with Crippen LogP contribution in [0, 0.1) is 22.6 Å². The summed E-state index contributed by atoms with van der Waals surface area (Å²) in [6, 6.07) is 6.16. The standard InChI is InChI=1S/C16H20FN3O/c1-20(15(21)8-16(11-19)5-2-6-16)10-13-7-12(9-18)3-4-14(13)17/h3-4,7H,2,5-6,8,10-11,19H2,1H3. The maximum atomic E-state index is 13.7. The summed E-state index contributed by atoms with van der Waals surface area (Å²) in [7, 11) is 1.66. The molecule has 4 nitrogen and oxygen atoms in total. The Morgan fingerprint density at radius 2 is 2.24 bits per heavy atom. The lowest BCUT2D eigenvalue weighted by Crippen LogP contribution is -2.42. The van der Waals surface area contributed by atoms with Gasteiger partial charge in [0.05, 0.1) is 11.6 Å². The van der Waals surface area contributed by atoms with Crippen LogP contribution in [0.3, 0.4) is 0 Å². The smallest absolute Gasteiger partial charge is 0.223 e. The molecular weight excluding hydrogens is 269 g/mol. The molecule has 0 saturated heterocycles. The largest absolute Gasteiger partial charge is 0.341 e. The lowest BCUT2D eigenvalue weighted by molar-refractivity contribution is -0.134. The molecule has 2 N–H and O–H groups in total. The molecule has 1 amide bonds. The number of hydrogen-bond acceptors (Lipinski definition) is 3. The number of carbonyl (C=O) groups is 1. The molecule has 21 heavy (non-hydrogen) atoms. The number of nitrogens with two attached hydrogens (primary N) is 1. The molecular formula is C16H20FN3O. The lowest BCUT2D eigenvalue weighted by atomic mass is 9.66. The summed E-state index contributed by atoms with van der Waals surface area (Å²) < 4.78 is 13.7. The number of nitrogens with zero attached hydrogens (tertiary/aromatic N) is 2. The van der Waals surface area contributed by atoms with Gasteiger partial charge < -0.3 is 10.6 Å². The molecule has 0 aliphatic heterocycles. The van der Waals surface area contributed by atoms with E-state index in [0.29, 0.717) is 24.1 Å². The van der Waals surface area contributed by atoms with Crippen LogP contribution >= 0.6 is 0 Å². The Balaban J connectivity index is 2.02. The van der Waals surface area contributed by atoms with Crippen molar-refractivity contribution < 1.29 is 9.18 Å². The Hall–Kier alpha value is -1.93. The summed E-state index contributed by atoms with van der Waals surface area (Å²) in [6.07, 6.45) is 3.51. The van der Waals surface area contributed by atoms with Crippen molar-refractivity contribution in [1.82, 2.24) is 4.90 Å². The van der Waals surface area contributed by atoms with E-state index in [1.807, 2.05) is 6.07 Å². The van der Waals surface area contributed by atoms with Gasteiger partial charge in [0.15, 0.2) is 0 Å². The fourth-order valence-electron chi connectivity index (χ4n) is 2.69. The molecule has 0 atom stereocenters. The Labute approximate surface area is 124 Å². The zero-order valence-electron chi connectivity index (χ0n) is 12.2. The predicted molar refractivity (Wildman–Crippen MR) is 77.5 cm³/mol. The Morgan fingerprint density at radius 1 is 1.52 bits per heavy atom. The normalized spacial score (nSPS) is 15.9. The number of carbonyl (C=O) groups excluding carboxylic acids is 1. The van der Waals surface area contributed by atoms with Crippen molar-refractivity contribution in [3.63, 3.8) is 0 Å². The minimum atomic E-state index is -0.397. The number of hydrogen-bond donors (Lipinski definition) is 1. The molecule has 0 radical (unpaired) electrons. The van der Waals surface area contributed by atoms with Crippen molar-refractivity contribution in [2.45, 2.75) is 32.2 Å². The minimum absolute atomic E-state index is 0.0260. The van der Waals surface area contributed by atoms with Crippen LogP contribution in [-0.4, -0.2) is 24.4 Å². The zero-order chi connectivity index (χ0) is 15.5. The maximum Gasteiger partial charge on any atom is 0.223 e. The zero-order valence-corrected chi connectivity index (χ0v) is 12.2. The van der Waals surface area contributed by atoms with E-state index >= 15 is 0 Å². The summed E-state index contributed by atoms with van der Waals surface area (Å²) >= 11 is 0. The van der Waals surface area contributed by atoms with Gasteiger partial charge in [-0.3, -0.25) is 4.79 Å². The van der Waals surface area contributed by atoms with Crippen molar-refractivity contribution in [2.24, 2.45) is 11.1 Å². The molecule has 112 valence electrons. The third-order valence-electron chi connectivity index (χ3n) is 4.38. The average molecular weight is 289 g/mol. The first-order valence-corrected chi connectivity index (χ1v) is 7.12. The number of benzene rings is 1. The number of nitriles is 1. The van der Waals surface area contributed by atoms with Crippen LogP contribution in [0.2, 0.25) is 0 Å². The molecule has 1 aliphatic rings. The lowest BCUT2D eigenvalue weighted by Gasteiger charge is -2.41. The molecule has 1 aromatic rings. The first-order chi connectivity index (χ1) is 9.99. The van der Waals surface area contributed by atoms with Crippen LogP contribution in [0.4, 0.5) is 4.39 Å². The predicted octanol–water partition coefficient (Wildman–Crippen LogP) is 2.17. The number of amides is 1. The average Bonchev–Trinajstić information content (AvgIpc) is 2.44. The van der Waals surface area contributed by atoms with Gasteiger partial charge in [0.2, 0.25) is 5.91 Å². The molecule has 0 unspecified atom stereocenters. The topological polar surface area (TPSA) is 70.1 Å². The highest BCUT2D eigenvalue weighted by Gasteiger charge is 2.38. The number of halogens is 1. The van der Waals surface area contributed by atoms with Gasteiger partial charge in [0, 0.05) is 25.6 Å². The van der Waals surface area contributed by atoms with Crippen molar-refractivity contribution >= 4 is 5.91 Å². The third kappa shape index (κ3) is 3.40. The van der Waals surface area contributed by atoms with Crippen LogP contribution in [0.1, 0.15) is 36.8 Å². The SMILES string of the molecule is CN(Cc1cc(C#N)ccc1F)C(=O)CC1(CN)CCC1. The van der Waals surface area contributed by atoms with Crippen LogP contribution in [0.5, 0.6) is 0 Å². The molecule has 5 heteroatoms. The molecule has 1 aliphatic carbocycles. The molecule has 2 rings (SSSR count). The summed E-state index contributed by atoms with van der Waals surface area (Å²) in [5.41, 5.74) is 6.46. The van der Waals surface area contributed by atoms with Crippen molar-refractivity contribution in [3.05, 3.63) is 35.1 Å². The molecule has 0 heterocycles. The van der Waals surface area contributed by atoms with Gasteiger partial charge in [-0.05, 0) is 43.0 Å². The van der Waals surface area contributed by atoms with Gasteiger partial charge in [-0.1, -0.05) is 6.42 Å². The van der Waals surface area contributed by atoms with Gasteiger partial charge in [0.25, 0.3) is 0 Å². The van der Waals surface area contributed by atoms with Gasteiger partial charge >= 0.3 is 0 Å². The highest BCUT2D eigenvalue weighted by Crippen LogP contribution is 2.43. The quantitative estimate of drug-likeness (QED) is 0.903. The first-order valence-electron chi connectivity index (χ1n) is 7.12. The van der Waals surface area contributed by atoms with Crippen LogP contribution < -0.4 is 5.73 Å². The Kier molecular flexibility index (Phi) is 4.59. The minimum Gasteiger partial charge on any atom is -0.341 e. The summed E-state index contributed by atoms with van der Waals surface area (Å²) in [5, 5.41) is 8.85. The first kappa shape index (κ1) is 15.5.